The zero-order valence-electron chi connectivity index (χ0n) is 19.4. The van der Waals surface area contributed by atoms with Gasteiger partial charge in [-0.3, -0.25) is 9.59 Å². The zero-order chi connectivity index (χ0) is 23.0. The molecule has 0 unspecified atom stereocenters. The van der Waals surface area contributed by atoms with Crippen LogP contribution in [0.25, 0.3) is 5.57 Å². The molecule has 2 aliphatic heterocycles. The maximum Gasteiger partial charge on any atom is 0.282 e. The standard InChI is InChI=1S/C26H30N2O4/c1-16-10-12-27(13-11-16)24-23(19-7-9-21(31-4)22(15-19)32-5)25(29)28(26(24)30)20-8-6-17(2)18(3)14-20/h6-9,14-16H,10-13H2,1-5H3. The predicted octanol–water partition coefficient (Wildman–Crippen LogP) is 4.34. The molecule has 2 aromatic carbocycles. The molecule has 2 heterocycles. The van der Waals surface area contributed by atoms with Crippen LogP contribution in [-0.2, 0) is 9.59 Å². The summed E-state index contributed by atoms with van der Waals surface area (Å²) in [5, 5.41) is 0. The number of methoxy groups -OCH3 is 2. The number of aryl methyl sites for hydroxylation is 2. The predicted molar refractivity (Wildman–Crippen MR) is 125 cm³/mol. The van der Waals surface area contributed by atoms with Crippen molar-refractivity contribution >= 4 is 23.1 Å². The molecular weight excluding hydrogens is 404 g/mol. The third kappa shape index (κ3) is 3.74. The Bertz CT molecular complexity index is 1100. The molecule has 168 valence electrons. The summed E-state index contributed by atoms with van der Waals surface area (Å²) in [4.78, 5) is 30.8. The topological polar surface area (TPSA) is 59.1 Å². The van der Waals surface area contributed by atoms with Gasteiger partial charge in [-0.05, 0) is 73.6 Å². The van der Waals surface area contributed by atoms with Crippen molar-refractivity contribution in [3.63, 3.8) is 0 Å². The van der Waals surface area contributed by atoms with Crippen molar-refractivity contribution in [1.82, 2.24) is 4.90 Å². The molecule has 0 N–H and O–H groups in total. The van der Waals surface area contributed by atoms with Gasteiger partial charge in [-0.25, -0.2) is 4.90 Å². The first-order valence-corrected chi connectivity index (χ1v) is 11.0. The summed E-state index contributed by atoms with van der Waals surface area (Å²) < 4.78 is 10.8. The first-order chi connectivity index (χ1) is 15.3. The second-order valence-corrected chi connectivity index (χ2v) is 8.68. The van der Waals surface area contributed by atoms with Gasteiger partial charge >= 0.3 is 0 Å². The lowest BCUT2D eigenvalue weighted by molar-refractivity contribution is -0.120. The fourth-order valence-corrected chi connectivity index (χ4v) is 4.39. The van der Waals surface area contributed by atoms with Crippen molar-refractivity contribution in [1.29, 1.82) is 0 Å². The van der Waals surface area contributed by atoms with Crippen LogP contribution in [0.5, 0.6) is 11.5 Å². The van der Waals surface area contributed by atoms with Crippen LogP contribution >= 0.6 is 0 Å². The molecule has 0 radical (unpaired) electrons. The highest BCUT2D eigenvalue weighted by Crippen LogP contribution is 2.39. The van der Waals surface area contributed by atoms with Gasteiger partial charge < -0.3 is 14.4 Å². The highest BCUT2D eigenvalue weighted by atomic mass is 16.5. The molecule has 2 amide bonds. The van der Waals surface area contributed by atoms with E-state index in [9.17, 15) is 9.59 Å². The average Bonchev–Trinajstić information content (AvgIpc) is 3.05. The summed E-state index contributed by atoms with van der Waals surface area (Å²) in [6.45, 7) is 7.74. The van der Waals surface area contributed by atoms with Crippen LogP contribution in [0.2, 0.25) is 0 Å². The highest BCUT2D eigenvalue weighted by Gasteiger charge is 2.43. The number of likely N-dealkylation sites (tertiary alicyclic amines) is 1. The molecule has 32 heavy (non-hydrogen) atoms. The summed E-state index contributed by atoms with van der Waals surface area (Å²) >= 11 is 0. The third-order valence-corrected chi connectivity index (χ3v) is 6.58. The van der Waals surface area contributed by atoms with E-state index in [2.05, 4.69) is 11.8 Å². The number of imide groups is 1. The van der Waals surface area contributed by atoms with Gasteiger partial charge in [0.2, 0.25) is 0 Å². The van der Waals surface area contributed by atoms with Crippen LogP contribution in [-0.4, -0.2) is 44.0 Å². The summed E-state index contributed by atoms with van der Waals surface area (Å²) in [6, 6.07) is 11.0. The van der Waals surface area contributed by atoms with Crippen molar-refractivity contribution in [3.8, 4) is 11.5 Å². The summed E-state index contributed by atoms with van der Waals surface area (Å²) in [5.74, 6) is 1.14. The van der Waals surface area contributed by atoms with Crippen LogP contribution in [0.4, 0.5) is 5.69 Å². The molecule has 0 aromatic heterocycles. The van der Waals surface area contributed by atoms with Gasteiger partial charge in [0.1, 0.15) is 5.70 Å². The van der Waals surface area contributed by atoms with Crippen LogP contribution in [0, 0.1) is 19.8 Å². The van der Waals surface area contributed by atoms with E-state index in [4.69, 9.17) is 9.47 Å². The average molecular weight is 435 g/mol. The summed E-state index contributed by atoms with van der Waals surface area (Å²) in [5.41, 5.74) is 4.31. The van der Waals surface area contributed by atoms with E-state index in [0.717, 1.165) is 37.1 Å². The fourth-order valence-electron chi connectivity index (χ4n) is 4.39. The number of rotatable bonds is 5. The van der Waals surface area contributed by atoms with Crippen LogP contribution < -0.4 is 14.4 Å². The number of nitrogens with zero attached hydrogens (tertiary/aromatic N) is 2. The van der Waals surface area contributed by atoms with E-state index in [0.29, 0.717) is 39.9 Å². The number of hydrogen-bond acceptors (Lipinski definition) is 5. The number of benzene rings is 2. The molecule has 4 rings (SSSR count). The lowest BCUT2D eigenvalue weighted by Gasteiger charge is -2.32. The molecule has 0 atom stereocenters. The lowest BCUT2D eigenvalue weighted by atomic mass is 9.97. The van der Waals surface area contributed by atoms with Gasteiger partial charge in [0, 0.05) is 13.1 Å². The Morgan fingerprint density at radius 3 is 2.16 bits per heavy atom. The van der Waals surface area contributed by atoms with Crippen LogP contribution in [0.15, 0.2) is 42.1 Å². The molecule has 2 aliphatic rings. The lowest BCUT2D eigenvalue weighted by Crippen LogP contribution is -2.38. The van der Waals surface area contributed by atoms with Crippen molar-refractivity contribution in [2.45, 2.75) is 33.6 Å². The Balaban J connectivity index is 1.84. The SMILES string of the molecule is COc1ccc(C2=C(N3CCC(C)CC3)C(=O)N(c3ccc(C)c(C)c3)C2=O)cc1OC. The molecule has 6 heteroatoms. The Morgan fingerprint density at radius 1 is 0.844 bits per heavy atom. The molecule has 0 bridgehead atoms. The Morgan fingerprint density at radius 2 is 1.53 bits per heavy atom. The number of hydrogen-bond donors (Lipinski definition) is 0. The summed E-state index contributed by atoms with van der Waals surface area (Å²) in [6.07, 6.45) is 1.99. The number of anilines is 1. The molecule has 2 aromatic rings. The second kappa shape index (κ2) is 8.69. The molecule has 0 saturated carbocycles. The maximum absolute atomic E-state index is 13.7. The van der Waals surface area contributed by atoms with Gasteiger partial charge in [0.15, 0.2) is 11.5 Å². The zero-order valence-corrected chi connectivity index (χ0v) is 19.4. The number of amides is 2. The Labute approximate surface area is 189 Å². The number of carbonyl (C=O) groups is 2. The fraction of sp³-hybridized carbons (Fsp3) is 0.385. The van der Waals surface area contributed by atoms with Crippen molar-refractivity contribution in [3.05, 3.63) is 58.8 Å². The Hall–Kier alpha value is -3.28. The molecule has 0 aliphatic carbocycles. The molecule has 0 spiro atoms. The van der Waals surface area contributed by atoms with Gasteiger partial charge in [0.05, 0.1) is 25.5 Å². The first-order valence-electron chi connectivity index (χ1n) is 11.0. The molecule has 1 fully saturated rings. The minimum absolute atomic E-state index is 0.266. The summed E-state index contributed by atoms with van der Waals surface area (Å²) in [7, 11) is 3.13. The monoisotopic (exact) mass is 434 g/mol. The smallest absolute Gasteiger partial charge is 0.282 e. The minimum Gasteiger partial charge on any atom is -0.493 e. The van der Waals surface area contributed by atoms with Crippen molar-refractivity contribution < 1.29 is 19.1 Å². The van der Waals surface area contributed by atoms with E-state index in [1.807, 2.05) is 38.1 Å². The first kappa shape index (κ1) is 21.9. The van der Waals surface area contributed by atoms with E-state index in [-0.39, 0.29) is 11.8 Å². The van der Waals surface area contributed by atoms with Crippen molar-refractivity contribution in [2.75, 3.05) is 32.2 Å². The van der Waals surface area contributed by atoms with Gasteiger partial charge in [-0.2, -0.15) is 0 Å². The normalized spacial score (nSPS) is 17.4. The third-order valence-electron chi connectivity index (χ3n) is 6.58. The number of ether oxygens (including phenoxy) is 2. The van der Waals surface area contributed by atoms with E-state index in [1.165, 1.54) is 4.90 Å². The van der Waals surface area contributed by atoms with Gasteiger partial charge in [-0.15, -0.1) is 0 Å². The van der Waals surface area contributed by atoms with E-state index < -0.39 is 0 Å². The Kier molecular flexibility index (Phi) is 5.96. The van der Waals surface area contributed by atoms with E-state index >= 15 is 0 Å². The molecular formula is C26H30N2O4. The number of piperidine rings is 1. The van der Waals surface area contributed by atoms with Crippen molar-refractivity contribution in [2.24, 2.45) is 5.92 Å². The van der Waals surface area contributed by atoms with E-state index in [1.54, 1.807) is 26.4 Å². The second-order valence-electron chi connectivity index (χ2n) is 8.68. The van der Waals surface area contributed by atoms with Crippen LogP contribution in [0.1, 0.15) is 36.5 Å². The minimum atomic E-state index is -0.306. The van der Waals surface area contributed by atoms with Crippen LogP contribution in [0.3, 0.4) is 0 Å². The van der Waals surface area contributed by atoms with Gasteiger partial charge in [-0.1, -0.05) is 19.1 Å². The number of carbonyl (C=O) groups excluding carboxylic acids is 2. The molecule has 6 nitrogen and oxygen atoms in total. The van der Waals surface area contributed by atoms with Gasteiger partial charge in [0.25, 0.3) is 11.8 Å². The highest BCUT2D eigenvalue weighted by molar-refractivity contribution is 6.45. The largest absolute Gasteiger partial charge is 0.493 e. The molecule has 1 saturated heterocycles. The quantitative estimate of drug-likeness (QED) is 0.656. The maximum atomic E-state index is 13.7.